The monoisotopic (exact) mass is 310 g/mol. The lowest BCUT2D eigenvalue weighted by molar-refractivity contribution is -0.156. The number of rotatable bonds is 7. The molecule has 1 aromatic rings. The number of nitrogens with zero attached hydrogens (tertiary/aromatic N) is 4. The van der Waals surface area contributed by atoms with Crippen LogP contribution in [0.3, 0.4) is 0 Å². The van der Waals surface area contributed by atoms with Gasteiger partial charge < -0.3 is 14.7 Å². The number of ether oxygens (including phenoxy) is 1. The van der Waals surface area contributed by atoms with Crippen molar-refractivity contribution in [3.8, 4) is 0 Å². The van der Waals surface area contributed by atoms with E-state index in [0.717, 1.165) is 0 Å². The van der Waals surface area contributed by atoms with E-state index in [-0.39, 0.29) is 19.0 Å². The van der Waals surface area contributed by atoms with Gasteiger partial charge in [0.25, 0.3) is 0 Å². The average Bonchev–Trinajstić information content (AvgIpc) is 3.00. The predicted octanol–water partition coefficient (Wildman–Crippen LogP) is 0.398. The molecular weight excluding hydrogens is 288 g/mol. The summed E-state index contributed by atoms with van der Waals surface area (Å²) in [6.07, 6.45) is 5.49. The Hall–Kier alpha value is -1.96. The van der Waals surface area contributed by atoms with E-state index in [4.69, 9.17) is 4.74 Å². The van der Waals surface area contributed by atoms with Crippen LogP contribution in [-0.4, -0.2) is 63.7 Å². The summed E-state index contributed by atoms with van der Waals surface area (Å²) in [5, 5.41) is 17.5. The zero-order chi connectivity index (χ0) is 16.0. The fourth-order valence-corrected chi connectivity index (χ4v) is 2.93. The Morgan fingerprint density at radius 1 is 1.36 bits per heavy atom. The highest BCUT2D eigenvalue weighted by atomic mass is 16.5. The van der Waals surface area contributed by atoms with Crippen molar-refractivity contribution >= 4 is 11.9 Å². The van der Waals surface area contributed by atoms with Crippen LogP contribution in [0.15, 0.2) is 12.4 Å². The number of aromatic nitrogens is 3. The highest BCUT2D eigenvalue weighted by molar-refractivity contribution is 5.79. The van der Waals surface area contributed by atoms with Crippen molar-refractivity contribution in [3.05, 3.63) is 12.4 Å². The minimum Gasteiger partial charge on any atom is -0.481 e. The van der Waals surface area contributed by atoms with Crippen LogP contribution in [0.4, 0.5) is 0 Å². The van der Waals surface area contributed by atoms with Crippen LogP contribution in [-0.2, 0) is 20.9 Å². The number of carboxylic acids is 1. The maximum absolute atomic E-state index is 12.3. The summed E-state index contributed by atoms with van der Waals surface area (Å²) in [5.41, 5.74) is -0.871. The number of hydrogen-bond donors (Lipinski definition) is 1. The number of methoxy groups -OCH3 is 1. The van der Waals surface area contributed by atoms with Crippen molar-refractivity contribution in [1.29, 1.82) is 0 Å². The van der Waals surface area contributed by atoms with Gasteiger partial charge in [0.15, 0.2) is 0 Å². The quantitative estimate of drug-likeness (QED) is 0.732. The van der Waals surface area contributed by atoms with Gasteiger partial charge in [-0.05, 0) is 25.7 Å². The Kier molecular flexibility index (Phi) is 5.48. The third kappa shape index (κ3) is 3.82. The van der Waals surface area contributed by atoms with Crippen LogP contribution < -0.4 is 0 Å². The molecule has 1 amide bonds. The van der Waals surface area contributed by atoms with E-state index < -0.39 is 11.4 Å². The first-order chi connectivity index (χ1) is 10.6. The van der Waals surface area contributed by atoms with E-state index in [2.05, 4.69) is 10.2 Å². The fourth-order valence-electron chi connectivity index (χ4n) is 2.93. The van der Waals surface area contributed by atoms with E-state index in [9.17, 15) is 14.7 Å². The first-order valence-electron chi connectivity index (χ1n) is 7.42. The van der Waals surface area contributed by atoms with Crippen molar-refractivity contribution in [2.75, 3.05) is 26.8 Å². The predicted molar refractivity (Wildman–Crippen MR) is 77.0 cm³/mol. The number of likely N-dealkylation sites (tertiary alicyclic amines) is 1. The van der Waals surface area contributed by atoms with Gasteiger partial charge in [0.1, 0.15) is 6.54 Å². The second-order valence-electron chi connectivity index (χ2n) is 5.66. The van der Waals surface area contributed by atoms with E-state index in [0.29, 0.717) is 38.8 Å². The molecule has 1 atom stereocenters. The molecule has 8 nitrogen and oxygen atoms in total. The third-order valence-electron chi connectivity index (χ3n) is 4.13. The highest BCUT2D eigenvalue weighted by Gasteiger charge is 2.43. The molecule has 1 fully saturated rings. The molecule has 1 aliphatic rings. The van der Waals surface area contributed by atoms with Gasteiger partial charge in [-0.1, -0.05) is 0 Å². The Labute approximate surface area is 129 Å². The van der Waals surface area contributed by atoms with Crippen LogP contribution in [0.1, 0.15) is 25.7 Å². The van der Waals surface area contributed by atoms with Crippen molar-refractivity contribution in [1.82, 2.24) is 19.9 Å². The highest BCUT2D eigenvalue weighted by Crippen LogP contribution is 2.35. The van der Waals surface area contributed by atoms with Crippen molar-refractivity contribution in [2.45, 2.75) is 32.2 Å². The van der Waals surface area contributed by atoms with Gasteiger partial charge in [-0.2, -0.15) is 15.0 Å². The Bertz CT molecular complexity index is 505. The third-order valence-corrected chi connectivity index (χ3v) is 4.13. The maximum Gasteiger partial charge on any atom is 0.311 e. The first kappa shape index (κ1) is 16.4. The van der Waals surface area contributed by atoms with E-state index >= 15 is 0 Å². The van der Waals surface area contributed by atoms with Gasteiger partial charge in [-0.15, -0.1) is 0 Å². The summed E-state index contributed by atoms with van der Waals surface area (Å²) in [7, 11) is 1.60. The summed E-state index contributed by atoms with van der Waals surface area (Å²) in [5.74, 6) is -0.980. The summed E-state index contributed by atoms with van der Waals surface area (Å²) in [4.78, 5) is 27.0. The van der Waals surface area contributed by atoms with Crippen LogP contribution in [0, 0.1) is 5.41 Å². The molecule has 1 aliphatic heterocycles. The molecule has 0 bridgehead atoms. The molecule has 0 aromatic carbocycles. The van der Waals surface area contributed by atoms with Crippen LogP contribution in [0.2, 0.25) is 0 Å². The number of piperidine rings is 1. The molecule has 1 N–H and O–H groups in total. The first-order valence-corrected chi connectivity index (χ1v) is 7.42. The Balaban J connectivity index is 2.01. The lowest BCUT2D eigenvalue weighted by atomic mass is 9.76. The minimum absolute atomic E-state index is 0.0424. The van der Waals surface area contributed by atoms with Crippen molar-refractivity contribution < 1.29 is 19.4 Å². The second kappa shape index (κ2) is 7.35. The number of aliphatic carboxylic acids is 1. The van der Waals surface area contributed by atoms with Gasteiger partial charge in [0.05, 0.1) is 17.8 Å². The van der Waals surface area contributed by atoms with Gasteiger partial charge in [0, 0.05) is 26.8 Å². The normalized spacial score (nSPS) is 21.8. The van der Waals surface area contributed by atoms with Crippen molar-refractivity contribution in [2.24, 2.45) is 5.41 Å². The Morgan fingerprint density at radius 2 is 2.09 bits per heavy atom. The van der Waals surface area contributed by atoms with Gasteiger partial charge in [-0.3, -0.25) is 9.59 Å². The van der Waals surface area contributed by atoms with Gasteiger partial charge >= 0.3 is 5.97 Å². The van der Waals surface area contributed by atoms with Crippen LogP contribution in [0.25, 0.3) is 0 Å². The maximum atomic E-state index is 12.3. The molecular formula is C14H22N4O4. The SMILES string of the molecule is COCCC[C@]1(C(=O)O)CCCN(C(=O)Cn2nccn2)C1. The van der Waals surface area contributed by atoms with Crippen LogP contribution in [0.5, 0.6) is 0 Å². The molecule has 2 rings (SSSR count). The number of carbonyl (C=O) groups excluding carboxylic acids is 1. The van der Waals surface area contributed by atoms with E-state index in [1.54, 1.807) is 12.0 Å². The summed E-state index contributed by atoms with van der Waals surface area (Å²) in [6, 6.07) is 0. The molecule has 0 aliphatic carbocycles. The standard InChI is InChI=1S/C14H22N4O4/c1-22-9-3-5-14(13(20)21)4-2-8-17(11-14)12(19)10-18-15-6-7-16-18/h6-7H,2-5,8-11H2,1H3,(H,20,21)/t14-/m1/s1. The molecule has 1 saturated heterocycles. The average molecular weight is 310 g/mol. The summed E-state index contributed by atoms with van der Waals surface area (Å²) < 4.78 is 5.01. The molecule has 122 valence electrons. The van der Waals surface area contributed by atoms with Crippen molar-refractivity contribution in [3.63, 3.8) is 0 Å². The lowest BCUT2D eigenvalue weighted by Gasteiger charge is -2.40. The largest absolute Gasteiger partial charge is 0.481 e. The Morgan fingerprint density at radius 3 is 2.73 bits per heavy atom. The zero-order valence-corrected chi connectivity index (χ0v) is 12.8. The smallest absolute Gasteiger partial charge is 0.311 e. The second-order valence-corrected chi connectivity index (χ2v) is 5.66. The molecule has 0 radical (unpaired) electrons. The molecule has 1 aromatic heterocycles. The summed E-state index contributed by atoms with van der Waals surface area (Å²) in [6.45, 7) is 1.40. The molecule has 2 heterocycles. The number of carbonyl (C=O) groups is 2. The minimum atomic E-state index is -0.871. The molecule has 22 heavy (non-hydrogen) atoms. The van der Waals surface area contributed by atoms with E-state index in [1.165, 1.54) is 17.2 Å². The topological polar surface area (TPSA) is 97.6 Å². The van der Waals surface area contributed by atoms with Gasteiger partial charge in [0.2, 0.25) is 5.91 Å². The molecule has 0 spiro atoms. The fraction of sp³-hybridized carbons (Fsp3) is 0.714. The lowest BCUT2D eigenvalue weighted by Crippen LogP contribution is -2.50. The number of amides is 1. The molecule has 8 heteroatoms. The van der Waals surface area contributed by atoms with Crippen LogP contribution >= 0.6 is 0 Å². The molecule has 0 unspecified atom stereocenters. The zero-order valence-electron chi connectivity index (χ0n) is 12.8. The number of carboxylic acid groups (broad SMARTS) is 1. The number of hydrogen-bond acceptors (Lipinski definition) is 5. The van der Waals surface area contributed by atoms with E-state index in [1.807, 2.05) is 0 Å². The molecule has 0 saturated carbocycles. The summed E-state index contributed by atoms with van der Waals surface area (Å²) >= 11 is 0. The van der Waals surface area contributed by atoms with Gasteiger partial charge in [-0.25, -0.2) is 0 Å².